The summed E-state index contributed by atoms with van der Waals surface area (Å²) < 4.78 is 80.0. The van der Waals surface area contributed by atoms with E-state index in [1.807, 2.05) is 0 Å². The molecule has 78 heavy (non-hydrogen) atoms. The van der Waals surface area contributed by atoms with Gasteiger partial charge in [-0.1, -0.05) is 0 Å². The summed E-state index contributed by atoms with van der Waals surface area (Å²) in [4.78, 5) is 0. The van der Waals surface area contributed by atoms with Gasteiger partial charge in [-0.3, -0.25) is 0 Å². The monoisotopic (exact) mass is 1150 g/mol. The summed E-state index contributed by atoms with van der Waals surface area (Å²) in [6.07, 6.45) is -70.0. The molecule has 454 valence electrons. The highest BCUT2D eigenvalue weighted by Crippen LogP contribution is 2.38. The standard InChI is InChI=1S/C43H72O35/c44-2-11-30-9(51)1-10(52)37(65-11)73-31-12(3-45)67-39(25(60)18(31)53)75-33-14(5-47)69-41(27(62)20(33)55)77-35-16(7-49)71-43(29(64)22(35)57)78-36-17(8-50)70-42(28(63)23(36)58)76-34-15(6-48)68-40(26(61)21(34)56)74-32-13(4-46)66-38(72-30)24(59)19(32)54/h9-64H,1-8H2/t9?,10?,11?,12?,13?,14?,15?,16?,17?,18?,19?,20?,21?,22?,23?,24?,25?,26?,27?,28?,29?,30-,31+,32+,33+,34+,35+,36+,37+,38+,39+,40+,41+,42+,43+/m1/s1. The first-order valence-electron chi connectivity index (χ1n) is 25.1. The van der Waals surface area contributed by atoms with Crippen LogP contribution in [0.4, 0.5) is 0 Å². The van der Waals surface area contributed by atoms with Gasteiger partial charge in [0.25, 0.3) is 0 Å². The minimum absolute atomic E-state index is 0.725. The molecule has 0 aliphatic carbocycles. The first kappa shape index (κ1) is 62.6. The molecular weight excluding hydrogens is 1080 g/mol. The Hall–Kier alpha value is -1.40. The van der Waals surface area contributed by atoms with Crippen molar-refractivity contribution in [3.63, 3.8) is 0 Å². The molecule has 35 nitrogen and oxygen atoms in total. The van der Waals surface area contributed by atoms with Gasteiger partial charge in [0.15, 0.2) is 44.0 Å². The highest BCUT2D eigenvalue weighted by Gasteiger charge is 2.59. The van der Waals surface area contributed by atoms with Crippen LogP contribution in [0, 0.1) is 0 Å². The zero-order valence-electron chi connectivity index (χ0n) is 41.0. The van der Waals surface area contributed by atoms with Crippen molar-refractivity contribution in [2.45, 2.75) is 221 Å². The molecule has 14 fully saturated rings. The third-order valence-electron chi connectivity index (χ3n) is 15.0. The number of hydrogen-bond acceptors (Lipinski definition) is 35. The molecule has 0 amide bonds. The van der Waals surface area contributed by atoms with Gasteiger partial charge in [-0.15, -0.1) is 0 Å². The molecule has 21 unspecified atom stereocenters. The second kappa shape index (κ2) is 26.7. The summed E-state index contributed by atoms with van der Waals surface area (Å²) in [7, 11) is 0. The SMILES string of the molecule is OCC1O[C@H]2O[C@H]3C(CO)O[C@@H](O[C@H]4C(CO)O[C@@H](O[C@H]5C(CO)O[C@@H](O[C@H]6C(CO)O[C@@H](O[C@H]7C(CO)O[C@@H](O[C@H]8C(CO)O[C@@H](O[C@@H]1C(O)CC2O)C(O)C8O)C(O)C7O)C(O)C6O)C(O)C5O)C(O)C4O)C(O)C3O. The number of aliphatic hydroxyl groups excluding tert-OH is 21. The maximum absolute atomic E-state index is 11.4. The van der Waals surface area contributed by atoms with Gasteiger partial charge in [-0.2, -0.15) is 0 Å². The van der Waals surface area contributed by atoms with Crippen LogP contribution in [0.3, 0.4) is 0 Å². The van der Waals surface area contributed by atoms with Crippen molar-refractivity contribution in [3.8, 4) is 0 Å². The van der Waals surface area contributed by atoms with Gasteiger partial charge in [0.2, 0.25) is 0 Å². The van der Waals surface area contributed by atoms with E-state index in [-0.39, 0.29) is 0 Å². The lowest BCUT2D eigenvalue weighted by molar-refractivity contribution is -0.397. The van der Waals surface area contributed by atoms with Gasteiger partial charge >= 0.3 is 0 Å². The predicted octanol–water partition coefficient (Wildman–Crippen LogP) is -14.8. The minimum Gasteiger partial charge on any atom is -0.394 e. The number of aliphatic hydroxyl groups is 21. The van der Waals surface area contributed by atoms with Crippen molar-refractivity contribution in [3.05, 3.63) is 0 Å². The molecule has 21 N–H and O–H groups in total. The third-order valence-corrected chi connectivity index (χ3v) is 15.0. The molecular formula is C43H72O35. The van der Waals surface area contributed by atoms with Crippen molar-refractivity contribution in [2.75, 3.05) is 46.2 Å². The molecule has 0 aromatic heterocycles. The van der Waals surface area contributed by atoms with E-state index in [9.17, 15) is 107 Å². The van der Waals surface area contributed by atoms with Gasteiger partial charge in [-0.25, -0.2) is 0 Å². The van der Waals surface area contributed by atoms with Crippen molar-refractivity contribution in [1.29, 1.82) is 0 Å². The number of fused-ring (bicyclic) bond motifs is 6. The molecule has 14 aliphatic rings. The maximum Gasteiger partial charge on any atom is 0.187 e. The molecule has 14 saturated heterocycles. The Kier molecular flexibility index (Phi) is 21.4. The average molecular weight is 1150 g/mol. The lowest BCUT2D eigenvalue weighted by Gasteiger charge is -2.50. The fourth-order valence-corrected chi connectivity index (χ4v) is 10.6. The van der Waals surface area contributed by atoms with Gasteiger partial charge in [0, 0.05) is 6.42 Å². The van der Waals surface area contributed by atoms with Crippen molar-refractivity contribution in [2.24, 2.45) is 0 Å². The van der Waals surface area contributed by atoms with Gasteiger partial charge in [-0.05, 0) is 0 Å². The van der Waals surface area contributed by atoms with Crippen molar-refractivity contribution < 1.29 is 174 Å². The van der Waals surface area contributed by atoms with E-state index in [0.29, 0.717) is 0 Å². The first-order valence-corrected chi connectivity index (χ1v) is 25.1. The number of hydrogen-bond donors (Lipinski definition) is 21. The Morgan fingerprint density at radius 2 is 0.359 bits per heavy atom. The van der Waals surface area contributed by atoms with E-state index in [1.54, 1.807) is 0 Å². The summed E-state index contributed by atoms with van der Waals surface area (Å²) in [6, 6.07) is 0. The van der Waals surface area contributed by atoms with Crippen LogP contribution >= 0.6 is 0 Å². The van der Waals surface area contributed by atoms with Crippen molar-refractivity contribution in [1.82, 2.24) is 0 Å². The maximum atomic E-state index is 11.4. The Morgan fingerprint density at radius 3 is 0.564 bits per heavy atom. The molecule has 0 radical (unpaired) electrons. The lowest BCUT2D eigenvalue weighted by atomic mass is 9.95. The predicted molar refractivity (Wildman–Crippen MR) is 233 cm³/mol. The summed E-state index contributed by atoms with van der Waals surface area (Å²) in [5.74, 6) is 0. The Bertz CT molecular complexity index is 1840. The second-order valence-corrected chi connectivity index (χ2v) is 20.0. The molecule has 14 rings (SSSR count). The summed E-state index contributed by atoms with van der Waals surface area (Å²) in [6.45, 7) is -7.29. The van der Waals surface area contributed by atoms with Crippen LogP contribution in [-0.2, 0) is 66.3 Å². The van der Waals surface area contributed by atoms with E-state index < -0.39 is 268 Å². The fraction of sp³-hybridized carbons (Fsp3) is 1.00. The van der Waals surface area contributed by atoms with Gasteiger partial charge < -0.3 is 174 Å². The van der Waals surface area contributed by atoms with Gasteiger partial charge in [0.05, 0.1) is 52.4 Å². The molecule has 14 bridgehead atoms. The Balaban J connectivity index is 1.08. The van der Waals surface area contributed by atoms with Crippen molar-refractivity contribution >= 4 is 0 Å². The normalized spacial score (nSPS) is 55.0. The van der Waals surface area contributed by atoms with Crippen LogP contribution in [0.25, 0.3) is 0 Å². The molecule has 0 aromatic carbocycles. The van der Waals surface area contributed by atoms with Crippen LogP contribution in [0.5, 0.6) is 0 Å². The molecule has 0 aromatic rings. The lowest BCUT2D eigenvalue weighted by Crippen LogP contribution is -2.68. The van der Waals surface area contributed by atoms with E-state index >= 15 is 0 Å². The van der Waals surface area contributed by atoms with E-state index in [4.69, 9.17) is 66.3 Å². The van der Waals surface area contributed by atoms with Crippen LogP contribution in [0.1, 0.15) is 6.42 Å². The third kappa shape index (κ3) is 12.4. The Labute approximate surface area is 440 Å². The summed E-state index contributed by atoms with van der Waals surface area (Å²) in [5.41, 5.74) is 0. The summed E-state index contributed by atoms with van der Waals surface area (Å²) >= 11 is 0. The molecule has 0 spiro atoms. The largest absolute Gasteiger partial charge is 0.394 e. The van der Waals surface area contributed by atoms with Crippen LogP contribution in [0.2, 0.25) is 0 Å². The van der Waals surface area contributed by atoms with Crippen LogP contribution < -0.4 is 0 Å². The van der Waals surface area contributed by atoms with Gasteiger partial charge in [0.1, 0.15) is 165 Å². The second-order valence-electron chi connectivity index (χ2n) is 20.0. The highest BCUT2D eigenvalue weighted by atomic mass is 16.8. The first-order chi connectivity index (χ1) is 37.1. The topological polar surface area (TPSA) is 554 Å². The van der Waals surface area contributed by atoms with E-state index in [1.165, 1.54) is 0 Å². The van der Waals surface area contributed by atoms with E-state index in [2.05, 4.69) is 0 Å². The molecule has 35 heteroatoms. The fourth-order valence-electron chi connectivity index (χ4n) is 10.6. The number of ether oxygens (including phenoxy) is 14. The molecule has 14 heterocycles. The van der Waals surface area contributed by atoms with Crippen LogP contribution in [0.15, 0.2) is 0 Å². The summed E-state index contributed by atoms with van der Waals surface area (Å²) in [5, 5.41) is 231. The molecule has 14 aliphatic heterocycles. The average Bonchev–Trinajstić information content (AvgIpc) is 3.55. The zero-order valence-corrected chi connectivity index (χ0v) is 41.0. The molecule has 35 atom stereocenters. The number of rotatable bonds is 7. The smallest absolute Gasteiger partial charge is 0.187 e. The minimum atomic E-state index is -2.21. The Morgan fingerprint density at radius 1 is 0.192 bits per heavy atom. The molecule has 0 saturated carbocycles. The quantitative estimate of drug-likeness (QED) is 0.113. The highest BCUT2D eigenvalue weighted by molar-refractivity contribution is 5.01. The van der Waals surface area contributed by atoms with Crippen LogP contribution in [-0.4, -0.2) is 368 Å². The zero-order chi connectivity index (χ0) is 56.8. The van der Waals surface area contributed by atoms with E-state index in [0.717, 1.165) is 0 Å².